The number of nitrogens with one attached hydrogen (secondary N) is 1. The van der Waals surface area contributed by atoms with E-state index in [0.29, 0.717) is 22.8 Å². The molecule has 2 atom stereocenters. The average Bonchev–Trinajstić information content (AvgIpc) is 3.73. The van der Waals surface area contributed by atoms with Crippen LogP contribution in [0, 0.1) is 5.92 Å². The molecule has 4 aromatic rings. The summed E-state index contributed by atoms with van der Waals surface area (Å²) in [6.07, 6.45) is -2.45. The molecular formula is C28H27F3N4O7. The molecule has 2 aromatic carbocycles. The van der Waals surface area contributed by atoms with Crippen LogP contribution in [0.25, 0.3) is 34.3 Å². The van der Waals surface area contributed by atoms with Crippen LogP contribution in [-0.4, -0.2) is 56.0 Å². The summed E-state index contributed by atoms with van der Waals surface area (Å²) in [6.45, 7) is 1.13. The topological polar surface area (TPSA) is 164 Å². The lowest BCUT2D eigenvalue weighted by Gasteiger charge is -2.32. The zero-order valence-corrected chi connectivity index (χ0v) is 22.0. The van der Waals surface area contributed by atoms with Crippen molar-refractivity contribution in [3.05, 3.63) is 59.7 Å². The predicted octanol–water partition coefficient (Wildman–Crippen LogP) is 5.87. The Morgan fingerprint density at radius 1 is 1.00 bits per heavy atom. The minimum absolute atomic E-state index is 0.0492. The summed E-state index contributed by atoms with van der Waals surface area (Å²) >= 11 is 0. The second-order valence-electron chi connectivity index (χ2n) is 9.98. The summed E-state index contributed by atoms with van der Waals surface area (Å²) in [4.78, 5) is 12.7. The Kier molecular flexibility index (Phi) is 8.45. The number of halogens is 3. The van der Waals surface area contributed by atoms with Crippen molar-refractivity contribution in [2.45, 2.75) is 44.0 Å². The number of aliphatic hydroxyl groups excluding tert-OH is 1. The van der Waals surface area contributed by atoms with E-state index in [0.717, 1.165) is 6.54 Å². The Bertz CT molecular complexity index is 1510. The summed E-state index contributed by atoms with van der Waals surface area (Å²) < 4.78 is 58.1. The van der Waals surface area contributed by atoms with Gasteiger partial charge in [-0.3, -0.25) is 0 Å². The number of carboxylic acid groups (broad SMARTS) is 2. The van der Waals surface area contributed by atoms with Crippen molar-refractivity contribution in [2.24, 2.45) is 5.92 Å². The standard InChI is InChI=1S/C27H25F3N4O4.CH2O3/c28-27(29,30)21-22(16-8-2-1-3-9-16)33-37-24(21)26-32-25(34-38-26)17-10-11-18-20(12-17)36-14-19(23(18)35)31-13-15-6-4-5-7-15;2-1(3)4/h1-3,8-12,15,19,23,31,35H,4-7,13-14H2;(H2,2,3,4)/t19-,23+;/m1./s1. The molecule has 1 aliphatic heterocycles. The molecule has 0 unspecified atom stereocenters. The quantitative estimate of drug-likeness (QED) is 0.213. The maximum absolute atomic E-state index is 14.0. The van der Waals surface area contributed by atoms with Crippen LogP contribution in [0.3, 0.4) is 0 Å². The van der Waals surface area contributed by atoms with Crippen molar-refractivity contribution in [2.75, 3.05) is 13.2 Å². The molecule has 4 N–H and O–H groups in total. The van der Waals surface area contributed by atoms with E-state index in [1.807, 2.05) is 0 Å². The van der Waals surface area contributed by atoms with Crippen molar-refractivity contribution < 1.29 is 47.1 Å². The molecule has 222 valence electrons. The molecule has 11 nitrogen and oxygen atoms in total. The minimum Gasteiger partial charge on any atom is -0.491 e. The molecule has 0 bridgehead atoms. The summed E-state index contributed by atoms with van der Waals surface area (Å²) in [5.41, 5.74) is -0.127. The van der Waals surface area contributed by atoms with Crippen LogP contribution >= 0.6 is 0 Å². The Morgan fingerprint density at radius 2 is 1.71 bits per heavy atom. The lowest BCUT2D eigenvalue weighted by molar-refractivity contribution is -0.137. The van der Waals surface area contributed by atoms with Gasteiger partial charge < -0.3 is 34.4 Å². The zero-order chi connectivity index (χ0) is 29.9. The lowest BCUT2D eigenvalue weighted by Crippen LogP contribution is -2.44. The number of ether oxygens (including phenoxy) is 1. The Labute approximate surface area is 236 Å². The van der Waals surface area contributed by atoms with Crippen molar-refractivity contribution in [1.29, 1.82) is 0 Å². The highest BCUT2D eigenvalue weighted by molar-refractivity contribution is 5.71. The normalized spacial score (nSPS) is 18.6. The summed E-state index contributed by atoms with van der Waals surface area (Å²) in [7, 11) is 0. The first-order chi connectivity index (χ1) is 20.1. The molecule has 1 saturated carbocycles. The van der Waals surface area contributed by atoms with Gasteiger partial charge in [0.25, 0.3) is 5.89 Å². The van der Waals surface area contributed by atoms with Crippen molar-refractivity contribution >= 4 is 6.16 Å². The first-order valence-electron chi connectivity index (χ1n) is 13.2. The molecule has 2 aliphatic rings. The number of nitrogens with zero attached hydrogens (tertiary/aromatic N) is 3. The van der Waals surface area contributed by atoms with Crippen molar-refractivity contribution in [1.82, 2.24) is 20.6 Å². The van der Waals surface area contributed by atoms with Crippen LogP contribution in [0.5, 0.6) is 5.75 Å². The lowest BCUT2D eigenvalue weighted by atomic mass is 9.96. The van der Waals surface area contributed by atoms with Crippen LogP contribution in [0.1, 0.15) is 42.9 Å². The van der Waals surface area contributed by atoms with E-state index in [-0.39, 0.29) is 29.7 Å². The first kappa shape index (κ1) is 29.1. The number of benzene rings is 2. The number of carbonyl (C=O) groups is 1. The summed E-state index contributed by atoms with van der Waals surface area (Å²) in [6, 6.07) is 12.7. The maximum Gasteiger partial charge on any atom is 0.503 e. The van der Waals surface area contributed by atoms with Gasteiger partial charge in [-0.2, -0.15) is 18.2 Å². The highest BCUT2D eigenvalue weighted by Gasteiger charge is 2.43. The summed E-state index contributed by atoms with van der Waals surface area (Å²) in [5, 5.41) is 35.8. The van der Waals surface area contributed by atoms with Gasteiger partial charge in [0, 0.05) is 16.7 Å². The Balaban J connectivity index is 0.000000830. The van der Waals surface area contributed by atoms with Gasteiger partial charge >= 0.3 is 12.3 Å². The highest BCUT2D eigenvalue weighted by Crippen LogP contribution is 2.43. The fourth-order valence-corrected chi connectivity index (χ4v) is 5.16. The number of hydrogen-bond donors (Lipinski definition) is 4. The molecule has 1 fully saturated rings. The second-order valence-corrected chi connectivity index (χ2v) is 9.98. The van der Waals surface area contributed by atoms with Gasteiger partial charge in [-0.1, -0.05) is 65.6 Å². The minimum atomic E-state index is -4.77. The van der Waals surface area contributed by atoms with E-state index in [2.05, 4.69) is 20.6 Å². The van der Waals surface area contributed by atoms with Crippen LogP contribution in [0.2, 0.25) is 0 Å². The van der Waals surface area contributed by atoms with E-state index in [4.69, 9.17) is 28.8 Å². The van der Waals surface area contributed by atoms with Crippen LogP contribution in [0.4, 0.5) is 18.0 Å². The van der Waals surface area contributed by atoms with E-state index in [1.165, 1.54) is 37.8 Å². The fraction of sp³-hybridized carbons (Fsp3) is 0.357. The highest BCUT2D eigenvalue weighted by atomic mass is 19.4. The van der Waals surface area contributed by atoms with Gasteiger partial charge in [0.15, 0.2) is 0 Å². The fourth-order valence-electron chi connectivity index (χ4n) is 5.16. The van der Waals surface area contributed by atoms with Crippen LogP contribution in [-0.2, 0) is 6.18 Å². The monoisotopic (exact) mass is 588 g/mol. The number of fused-ring (bicyclic) bond motifs is 1. The maximum atomic E-state index is 14.0. The number of rotatable bonds is 6. The first-order valence-corrected chi connectivity index (χ1v) is 13.2. The molecule has 6 rings (SSSR count). The Hall–Kier alpha value is -4.43. The average molecular weight is 589 g/mol. The van der Waals surface area contributed by atoms with Gasteiger partial charge in [-0.05, 0) is 31.4 Å². The third-order valence-electron chi connectivity index (χ3n) is 7.18. The largest absolute Gasteiger partial charge is 0.503 e. The number of hydrogen-bond acceptors (Lipinski definition) is 9. The smallest absolute Gasteiger partial charge is 0.491 e. The van der Waals surface area contributed by atoms with Gasteiger partial charge in [0.1, 0.15) is 29.7 Å². The number of aliphatic hydroxyl groups is 1. The van der Waals surface area contributed by atoms with Crippen molar-refractivity contribution in [3.8, 4) is 40.0 Å². The molecular weight excluding hydrogens is 561 g/mol. The Morgan fingerprint density at radius 3 is 2.40 bits per heavy atom. The van der Waals surface area contributed by atoms with Crippen LogP contribution in [0.15, 0.2) is 57.6 Å². The van der Waals surface area contributed by atoms with E-state index in [1.54, 1.807) is 36.4 Å². The SMILES string of the molecule is O=C(O)O.O[C@H]1c2ccc(-c3noc(-c4onc(-c5ccccc5)c4C(F)(F)F)n3)cc2OC[C@H]1NCC1CCCC1. The van der Waals surface area contributed by atoms with E-state index >= 15 is 0 Å². The van der Waals surface area contributed by atoms with Gasteiger partial charge in [0.05, 0.1) is 6.04 Å². The molecule has 3 heterocycles. The molecule has 0 amide bonds. The van der Waals surface area contributed by atoms with Crippen molar-refractivity contribution in [3.63, 3.8) is 0 Å². The molecule has 1 aliphatic carbocycles. The van der Waals surface area contributed by atoms with Gasteiger partial charge in [0.2, 0.25) is 11.6 Å². The molecule has 2 aromatic heterocycles. The zero-order valence-electron chi connectivity index (χ0n) is 22.0. The molecule has 42 heavy (non-hydrogen) atoms. The summed E-state index contributed by atoms with van der Waals surface area (Å²) in [5.74, 6) is 0.0348. The molecule has 0 saturated heterocycles. The van der Waals surface area contributed by atoms with E-state index in [9.17, 15) is 18.3 Å². The third-order valence-corrected chi connectivity index (χ3v) is 7.18. The third kappa shape index (κ3) is 6.39. The second kappa shape index (κ2) is 12.2. The van der Waals surface area contributed by atoms with E-state index < -0.39 is 35.7 Å². The number of aromatic nitrogens is 3. The number of alkyl halides is 3. The predicted molar refractivity (Wildman–Crippen MR) is 141 cm³/mol. The molecule has 0 radical (unpaired) electrons. The van der Waals surface area contributed by atoms with Gasteiger partial charge in [-0.25, -0.2) is 4.79 Å². The molecule has 0 spiro atoms. The van der Waals surface area contributed by atoms with Gasteiger partial charge in [-0.15, -0.1) is 0 Å². The molecule has 14 heteroatoms. The van der Waals surface area contributed by atoms with Crippen LogP contribution < -0.4 is 10.1 Å².